The van der Waals surface area contributed by atoms with Crippen molar-refractivity contribution >= 4 is 23.2 Å². The number of anilines is 1. The zero-order valence-corrected chi connectivity index (χ0v) is 17.5. The lowest BCUT2D eigenvalue weighted by molar-refractivity contribution is -0.137. The zero-order chi connectivity index (χ0) is 22.2. The van der Waals surface area contributed by atoms with Gasteiger partial charge in [0.05, 0.1) is 17.7 Å². The molecule has 0 aromatic heterocycles. The van der Waals surface area contributed by atoms with E-state index in [1.807, 2.05) is 0 Å². The van der Waals surface area contributed by atoms with E-state index in [1.54, 1.807) is 40.1 Å². The summed E-state index contributed by atoms with van der Waals surface area (Å²) in [4.78, 5) is 18.1. The molecular weight excluding hydrogens is 431 g/mol. The lowest BCUT2D eigenvalue weighted by atomic mass is 10.1. The number of aliphatic hydroxyl groups excluding tert-OH is 1. The highest BCUT2D eigenvalue weighted by Crippen LogP contribution is 2.38. The van der Waals surface area contributed by atoms with E-state index in [9.17, 15) is 23.1 Å². The first-order valence-electron chi connectivity index (χ1n) is 10.1. The molecule has 1 N–H and O–H groups in total. The Kier molecular flexibility index (Phi) is 6.14. The number of carbonyl (C=O) groups excluding carboxylic acids is 1. The molecule has 166 valence electrons. The van der Waals surface area contributed by atoms with Crippen molar-refractivity contribution in [3.05, 3.63) is 64.7 Å². The minimum atomic E-state index is -4.45. The third-order valence-corrected chi connectivity index (χ3v) is 6.22. The maximum absolute atomic E-state index is 13.4. The Morgan fingerprint density at radius 1 is 0.968 bits per heavy atom. The minimum absolute atomic E-state index is 0.0796. The highest BCUT2D eigenvalue weighted by atomic mass is 35.5. The summed E-state index contributed by atoms with van der Waals surface area (Å²) in [6.07, 6.45) is -5.22. The molecule has 31 heavy (non-hydrogen) atoms. The zero-order valence-electron chi connectivity index (χ0n) is 16.7. The number of amides is 1. The highest BCUT2D eigenvalue weighted by Gasteiger charge is 2.41. The molecule has 2 fully saturated rings. The number of piperazine rings is 1. The molecule has 2 aromatic rings. The van der Waals surface area contributed by atoms with Crippen molar-refractivity contribution in [3.63, 3.8) is 0 Å². The van der Waals surface area contributed by atoms with Gasteiger partial charge < -0.3 is 14.9 Å². The van der Waals surface area contributed by atoms with Crippen molar-refractivity contribution in [3.8, 4) is 0 Å². The van der Waals surface area contributed by atoms with Gasteiger partial charge in [-0.15, -0.1) is 0 Å². The molecule has 0 saturated carbocycles. The van der Waals surface area contributed by atoms with Crippen molar-refractivity contribution in [2.75, 3.05) is 44.2 Å². The van der Waals surface area contributed by atoms with Gasteiger partial charge in [0.15, 0.2) is 0 Å². The Labute approximate surface area is 183 Å². The monoisotopic (exact) mass is 453 g/mol. The largest absolute Gasteiger partial charge is 0.418 e. The number of hydrogen-bond acceptors (Lipinski definition) is 4. The first kappa shape index (κ1) is 21.9. The van der Waals surface area contributed by atoms with Gasteiger partial charge >= 0.3 is 6.18 Å². The van der Waals surface area contributed by atoms with Crippen LogP contribution in [0.5, 0.6) is 0 Å². The summed E-state index contributed by atoms with van der Waals surface area (Å²) in [6, 6.07) is 11.9. The topological polar surface area (TPSA) is 47.0 Å². The molecule has 2 atom stereocenters. The second-order valence-corrected chi connectivity index (χ2v) is 8.33. The molecule has 0 radical (unpaired) electrons. The fourth-order valence-electron chi connectivity index (χ4n) is 4.35. The van der Waals surface area contributed by atoms with Crippen LogP contribution in [0.15, 0.2) is 48.5 Å². The van der Waals surface area contributed by atoms with Crippen LogP contribution in [0.3, 0.4) is 0 Å². The van der Waals surface area contributed by atoms with Crippen LogP contribution in [-0.2, 0) is 6.18 Å². The Hall–Kier alpha value is -2.29. The first-order valence-corrected chi connectivity index (χ1v) is 10.5. The SMILES string of the molecule is O=C(c1ccc(Cl)cc1)N1CCN([C@@H]2CN(c3ccccc3C(F)(F)F)C[C@H]2O)CC1. The molecule has 4 rings (SSSR count). The quantitative estimate of drug-likeness (QED) is 0.774. The standard InChI is InChI=1S/C22H23ClF3N3O2/c23-16-7-5-15(6-8-16)21(31)28-11-9-27(10-12-28)19-13-29(14-20(19)30)18-4-2-1-3-17(18)22(24,25)26/h1-8,19-20,30H,9-14H2/t19-,20-/m1/s1. The Bertz CT molecular complexity index is 930. The number of hydrogen-bond donors (Lipinski definition) is 1. The predicted octanol–water partition coefficient (Wildman–Crippen LogP) is 3.37. The van der Waals surface area contributed by atoms with Crippen molar-refractivity contribution in [2.24, 2.45) is 0 Å². The highest BCUT2D eigenvalue weighted by molar-refractivity contribution is 6.30. The number of rotatable bonds is 3. The fraction of sp³-hybridized carbons (Fsp3) is 0.409. The summed E-state index contributed by atoms with van der Waals surface area (Å²) >= 11 is 5.88. The van der Waals surface area contributed by atoms with Gasteiger partial charge in [0, 0.05) is 55.5 Å². The summed E-state index contributed by atoms with van der Waals surface area (Å²) in [5, 5.41) is 11.2. The number of para-hydroxylation sites is 1. The lowest BCUT2D eigenvalue weighted by Gasteiger charge is -2.38. The summed E-state index contributed by atoms with van der Waals surface area (Å²) in [7, 11) is 0. The number of carbonyl (C=O) groups is 1. The molecular formula is C22H23ClF3N3O2. The van der Waals surface area contributed by atoms with E-state index in [1.165, 1.54) is 12.1 Å². The molecule has 0 aliphatic carbocycles. The van der Waals surface area contributed by atoms with E-state index in [0.717, 1.165) is 6.07 Å². The normalized spacial score (nSPS) is 22.7. The maximum Gasteiger partial charge on any atom is 0.418 e. The van der Waals surface area contributed by atoms with Crippen molar-refractivity contribution < 1.29 is 23.1 Å². The molecule has 0 spiro atoms. The number of halogens is 4. The van der Waals surface area contributed by atoms with Crippen LogP contribution in [0.2, 0.25) is 5.02 Å². The van der Waals surface area contributed by atoms with Gasteiger partial charge in [-0.2, -0.15) is 13.2 Å². The molecule has 0 bridgehead atoms. The van der Waals surface area contributed by atoms with Crippen molar-refractivity contribution in [1.29, 1.82) is 0 Å². The second-order valence-electron chi connectivity index (χ2n) is 7.89. The van der Waals surface area contributed by atoms with Crippen LogP contribution in [0, 0.1) is 0 Å². The Morgan fingerprint density at radius 3 is 2.26 bits per heavy atom. The van der Waals surface area contributed by atoms with Crippen LogP contribution in [0.1, 0.15) is 15.9 Å². The van der Waals surface area contributed by atoms with Crippen LogP contribution in [-0.4, -0.2) is 72.2 Å². The Morgan fingerprint density at radius 2 is 1.61 bits per heavy atom. The fourth-order valence-corrected chi connectivity index (χ4v) is 4.47. The van der Waals surface area contributed by atoms with E-state index >= 15 is 0 Å². The second kappa shape index (κ2) is 8.68. The van der Waals surface area contributed by atoms with Crippen LogP contribution < -0.4 is 4.90 Å². The van der Waals surface area contributed by atoms with E-state index in [0.29, 0.717) is 43.3 Å². The lowest BCUT2D eigenvalue weighted by Crippen LogP contribution is -2.54. The van der Waals surface area contributed by atoms with Gasteiger partial charge in [-0.1, -0.05) is 23.7 Å². The molecule has 2 aliphatic rings. The molecule has 2 aliphatic heterocycles. The molecule has 0 unspecified atom stereocenters. The van der Waals surface area contributed by atoms with E-state index in [-0.39, 0.29) is 24.2 Å². The third kappa shape index (κ3) is 4.66. The smallest absolute Gasteiger partial charge is 0.390 e. The van der Waals surface area contributed by atoms with E-state index in [2.05, 4.69) is 4.90 Å². The maximum atomic E-state index is 13.4. The van der Waals surface area contributed by atoms with Gasteiger partial charge in [-0.3, -0.25) is 9.69 Å². The van der Waals surface area contributed by atoms with Gasteiger partial charge in [-0.25, -0.2) is 0 Å². The molecule has 2 aromatic carbocycles. The summed E-state index contributed by atoms with van der Waals surface area (Å²) in [5.74, 6) is -0.0796. The molecule has 2 saturated heterocycles. The average molecular weight is 454 g/mol. The van der Waals surface area contributed by atoms with E-state index in [4.69, 9.17) is 11.6 Å². The average Bonchev–Trinajstić information content (AvgIpc) is 3.15. The summed E-state index contributed by atoms with van der Waals surface area (Å²) in [5.41, 5.74) is -0.0389. The molecule has 9 heteroatoms. The molecule has 5 nitrogen and oxygen atoms in total. The van der Waals surface area contributed by atoms with Crippen molar-refractivity contribution in [1.82, 2.24) is 9.80 Å². The molecule has 1 amide bonds. The number of benzene rings is 2. The number of alkyl halides is 3. The van der Waals surface area contributed by atoms with Crippen molar-refractivity contribution in [2.45, 2.75) is 18.3 Å². The number of nitrogens with zero attached hydrogens (tertiary/aromatic N) is 3. The van der Waals surface area contributed by atoms with Crippen LogP contribution in [0.25, 0.3) is 0 Å². The summed E-state index contributed by atoms with van der Waals surface area (Å²) < 4.78 is 40.2. The third-order valence-electron chi connectivity index (χ3n) is 5.97. The van der Waals surface area contributed by atoms with Gasteiger partial charge in [-0.05, 0) is 36.4 Å². The van der Waals surface area contributed by atoms with Crippen LogP contribution >= 0.6 is 11.6 Å². The van der Waals surface area contributed by atoms with Gasteiger partial charge in [0.1, 0.15) is 0 Å². The van der Waals surface area contributed by atoms with Gasteiger partial charge in [0.2, 0.25) is 0 Å². The summed E-state index contributed by atoms with van der Waals surface area (Å²) in [6.45, 7) is 2.53. The predicted molar refractivity (Wildman–Crippen MR) is 112 cm³/mol. The number of β-amino-alcohol motifs (C(OH)–C–C–N with tert-alkyl or cyclic N) is 1. The first-order chi connectivity index (χ1) is 14.7. The van der Waals surface area contributed by atoms with Gasteiger partial charge in [0.25, 0.3) is 5.91 Å². The Balaban J connectivity index is 1.40. The van der Waals surface area contributed by atoms with E-state index < -0.39 is 17.8 Å². The van der Waals surface area contributed by atoms with Crippen LogP contribution in [0.4, 0.5) is 18.9 Å². The number of aliphatic hydroxyl groups is 1. The minimum Gasteiger partial charge on any atom is -0.390 e. The molecule has 2 heterocycles.